The Kier molecular flexibility index (Phi) is 5.52. The molecule has 0 aromatic heterocycles. The van der Waals surface area contributed by atoms with Gasteiger partial charge in [0.2, 0.25) is 0 Å². The molecule has 0 aliphatic carbocycles. The van der Waals surface area contributed by atoms with Gasteiger partial charge < -0.3 is 15.5 Å². The molecule has 1 aliphatic heterocycles. The highest BCUT2D eigenvalue weighted by atomic mass is 32.2. The molecule has 1 aromatic rings. The summed E-state index contributed by atoms with van der Waals surface area (Å²) in [5, 5.41) is 0. The molecule has 0 bridgehead atoms. The quantitative estimate of drug-likeness (QED) is 0.521. The maximum Gasteiger partial charge on any atom is 0.191 e. The molecule has 110 valence electrons. The van der Waals surface area contributed by atoms with Crippen molar-refractivity contribution in [1.29, 1.82) is 0 Å². The molecule has 1 fully saturated rings. The first-order chi connectivity index (χ1) is 9.70. The molecular formula is C14H21FN4S. The lowest BCUT2D eigenvalue weighted by Crippen LogP contribution is -2.51. The van der Waals surface area contributed by atoms with Crippen LogP contribution in [0, 0.1) is 5.82 Å². The molecule has 0 spiro atoms. The molecule has 2 rings (SSSR count). The van der Waals surface area contributed by atoms with Crippen LogP contribution in [0.3, 0.4) is 0 Å². The topological polar surface area (TPSA) is 44.9 Å². The number of nitrogens with zero attached hydrogens (tertiary/aromatic N) is 3. The summed E-state index contributed by atoms with van der Waals surface area (Å²) in [7, 11) is 0. The van der Waals surface area contributed by atoms with Gasteiger partial charge in [-0.3, -0.25) is 4.99 Å². The van der Waals surface area contributed by atoms with Crippen molar-refractivity contribution in [3.8, 4) is 0 Å². The highest BCUT2D eigenvalue weighted by molar-refractivity contribution is 7.98. The number of thioether (sulfide) groups is 1. The smallest absolute Gasteiger partial charge is 0.191 e. The molecule has 1 saturated heterocycles. The number of hydrogen-bond acceptors (Lipinski definition) is 3. The number of guanidine groups is 1. The number of aliphatic imine (C=N–C) groups is 1. The fraction of sp³-hybridized carbons (Fsp3) is 0.500. The van der Waals surface area contributed by atoms with Crippen molar-refractivity contribution in [2.75, 3.05) is 49.6 Å². The van der Waals surface area contributed by atoms with E-state index in [-0.39, 0.29) is 5.82 Å². The Balaban J connectivity index is 1.85. The van der Waals surface area contributed by atoms with Gasteiger partial charge in [0.25, 0.3) is 0 Å². The second-order valence-electron chi connectivity index (χ2n) is 4.68. The zero-order valence-corrected chi connectivity index (χ0v) is 12.6. The largest absolute Gasteiger partial charge is 0.370 e. The summed E-state index contributed by atoms with van der Waals surface area (Å²) in [4.78, 5) is 8.73. The number of nitrogens with two attached hydrogens (primary N) is 1. The Labute approximate surface area is 123 Å². The van der Waals surface area contributed by atoms with E-state index < -0.39 is 0 Å². The van der Waals surface area contributed by atoms with Gasteiger partial charge in [-0.2, -0.15) is 11.8 Å². The molecule has 1 heterocycles. The van der Waals surface area contributed by atoms with E-state index >= 15 is 0 Å². The third-order valence-corrected chi connectivity index (χ3v) is 3.96. The van der Waals surface area contributed by atoms with Gasteiger partial charge in [-0.15, -0.1) is 0 Å². The average molecular weight is 296 g/mol. The first-order valence-electron chi connectivity index (χ1n) is 6.75. The van der Waals surface area contributed by atoms with Crippen LogP contribution in [0.5, 0.6) is 0 Å². The van der Waals surface area contributed by atoms with Gasteiger partial charge in [0.05, 0.1) is 6.54 Å². The van der Waals surface area contributed by atoms with Crippen LogP contribution in [0.25, 0.3) is 0 Å². The van der Waals surface area contributed by atoms with Crippen molar-refractivity contribution < 1.29 is 4.39 Å². The Hall–Kier alpha value is -1.43. The normalized spacial score (nSPS) is 16.6. The second kappa shape index (κ2) is 7.38. The van der Waals surface area contributed by atoms with Gasteiger partial charge in [0.1, 0.15) is 5.82 Å². The minimum absolute atomic E-state index is 0.197. The molecule has 1 aromatic carbocycles. The number of hydrogen-bond donors (Lipinski definition) is 1. The van der Waals surface area contributed by atoms with Crippen LogP contribution in [-0.4, -0.2) is 55.6 Å². The number of anilines is 1. The van der Waals surface area contributed by atoms with Crippen LogP contribution in [0.4, 0.5) is 10.1 Å². The molecule has 0 unspecified atom stereocenters. The Morgan fingerprint density at radius 2 is 1.90 bits per heavy atom. The third kappa shape index (κ3) is 4.03. The van der Waals surface area contributed by atoms with Gasteiger partial charge >= 0.3 is 0 Å². The number of piperazine rings is 1. The minimum atomic E-state index is -0.197. The first kappa shape index (κ1) is 15.0. The van der Waals surface area contributed by atoms with E-state index in [1.807, 2.05) is 12.1 Å². The zero-order valence-electron chi connectivity index (χ0n) is 11.8. The van der Waals surface area contributed by atoms with Gasteiger partial charge in [0, 0.05) is 37.6 Å². The lowest BCUT2D eigenvalue weighted by molar-refractivity contribution is 0.381. The lowest BCUT2D eigenvalue weighted by Gasteiger charge is -2.36. The zero-order chi connectivity index (χ0) is 14.4. The van der Waals surface area contributed by atoms with Crippen LogP contribution < -0.4 is 10.6 Å². The summed E-state index contributed by atoms with van der Waals surface area (Å²) < 4.78 is 12.9. The van der Waals surface area contributed by atoms with E-state index in [1.54, 1.807) is 11.8 Å². The molecule has 0 atom stereocenters. The summed E-state index contributed by atoms with van der Waals surface area (Å²) in [6, 6.07) is 6.64. The summed E-state index contributed by atoms with van der Waals surface area (Å²) in [6.07, 6.45) is 2.06. The highest BCUT2D eigenvalue weighted by Gasteiger charge is 2.18. The van der Waals surface area contributed by atoms with E-state index in [4.69, 9.17) is 5.73 Å². The van der Waals surface area contributed by atoms with Crippen molar-refractivity contribution in [3.63, 3.8) is 0 Å². The van der Waals surface area contributed by atoms with Gasteiger partial charge in [0.15, 0.2) is 5.96 Å². The monoisotopic (exact) mass is 296 g/mol. The molecule has 20 heavy (non-hydrogen) atoms. The van der Waals surface area contributed by atoms with Crippen molar-refractivity contribution >= 4 is 23.4 Å². The van der Waals surface area contributed by atoms with Crippen LogP contribution in [0.15, 0.2) is 29.3 Å². The molecule has 0 saturated carbocycles. The van der Waals surface area contributed by atoms with Crippen LogP contribution >= 0.6 is 11.8 Å². The number of benzene rings is 1. The fourth-order valence-electron chi connectivity index (χ4n) is 2.20. The molecule has 0 amide bonds. The Bertz CT molecular complexity index is 441. The third-order valence-electron chi connectivity index (χ3n) is 3.36. The average Bonchev–Trinajstić information content (AvgIpc) is 2.48. The molecule has 1 aliphatic rings. The van der Waals surface area contributed by atoms with E-state index in [2.05, 4.69) is 21.0 Å². The van der Waals surface area contributed by atoms with Gasteiger partial charge in [-0.1, -0.05) is 0 Å². The molecule has 6 heteroatoms. The van der Waals surface area contributed by atoms with Gasteiger partial charge in [-0.25, -0.2) is 4.39 Å². The Morgan fingerprint density at radius 1 is 1.25 bits per heavy atom. The number of halogens is 1. The Morgan fingerprint density at radius 3 is 2.50 bits per heavy atom. The molecule has 4 nitrogen and oxygen atoms in total. The van der Waals surface area contributed by atoms with E-state index in [1.165, 1.54) is 12.1 Å². The van der Waals surface area contributed by atoms with Crippen molar-refractivity contribution in [2.45, 2.75) is 0 Å². The predicted octanol–water partition coefficient (Wildman–Crippen LogP) is 1.63. The first-order valence-corrected chi connectivity index (χ1v) is 8.14. The van der Waals surface area contributed by atoms with Gasteiger partial charge in [-0.05, 0) is 30.5 Å². The second-order valence-corrected chi connectivity index (χ2v) is 5.67. The summed E-state index contributed by atoms with van der Waals surface area (Å²) in [5.41, 5.74) is 7.05. The maximum atomic E-state index is 12.9. The standard InChI is InChI=1S/C14H21FN4S/c1-20-11-6-17-14(16)19-9-7-18(8-10-19)13-4-2-12(15)3-5-13/h2-5H,6-11H2,1H3,(H2,16,17). The van der Waals surface area contributed by atoms with Crippen molar-refractivity contribution in [3.05, 3.63) is 30.1 Å². The molecule has 2 N–H and O–H groups in total. The molecule has 0 radical (unpaired) electrons. The fourth-order valence-corrected chi connectivity index (χ4v) is 2.47. The summed E-state index contributed by atoms with van der Waals surface area (Å²) in [6.45, 7) is 4.23. The van der Waals surface area contributed by atoms with E-state index in [0.29, 0.717) is 5.96 Å². The van der Waals surface area contributed by atoms with Crippen molar-refractivity contribution in [2.24, 2.45) is 10.7 Å². The number of rotatable bonds is 4. The van der Waals surface area contributed by atoms with Crippen molar-refractivity contribution in [1.82, 2.24) is 4.90 Å². The minimum Gasteiger partial charge on any atom is -0.370 e. The van der Waals surface area contributed by atoms with Crippen LogP contribution in [-0.2, 0) is 0 Å². The maximum absolute atomic E-state index is 12.9. The van der Waals surface area contributed by atoms with Crippen LogP contribution in [0.1, 0.15) is 0 Å². The highest BCUT2D eigenvalue weighted by Crippen LogP contribution is 2.16. The summed E-state index contributed by atoms with van der Waals surface area (Å²) in [5.74, 6) is 1.44. The van der Waals surface area contributed by atoms with Crippen LogP contribution in [0.2, 0.25) is 0 Å². The molecular weight excluding hydrogens is 275 g/mol. The summed E-state index contributed by atoms with van der Waals surface area (Å²) >= 11 is 1.77. The lowest BCUT2D eigenvalue weighted by atomic mass is 10.2. The van der Waals surface area contributed by atoms with E-state index in [9.17, 15) is 4.39 Å². The predicted molar refractivity (Wildman–Crippen MR) is 85.1 cm³/mol. The van der Waals surface area contributed by atoms with E-state index in [0.717, 1.165) is 44.2 Å². The SMILES string of the molecule is CSCCN=C(N)N1CCN(c2ccc(F)cc2)CC1.